The molecule has 4 N–H and O–H groups in total. The Morgan fingerprint density at radius 1 is 1.03 bits per heavy atom. The summed E-state index contributed by atoms with van der Waals surface area (Å²) in [7, 11) is 0. The number of nitrogens with zero attached hydrogens (tertiary/aromatic N) is 1. The average molecular weight is 449 g/mol. The van der Waals surface area contributed by atoms with E-state index in [1.807, 2.05) is 29.7 Å². The van der Waals surface area contributed by atoms with Gasteiger partial charge in [0.2, 0.25) is 0 Å². The van der Waals surface area contributed by atoms with Gasteiger partial charge in [0, 0.05) is 29.2 Å². The molecule has 7 nitrogen and oxygen atoms in total. The minimum atomic E-state index is -2.89. The predicted octanol–water partition coefficient (Wildman–Crippen LogP) is 2.11. The number of fused-ring (bicyclic) bond motifs is 1. The summed E-state index contributed by atoms with van der Waals surface area (Å²) >= 11 is 0. The third-order valence-electron chi connectivity index (χ3n) is 5.77. The van der Waals surface area contributed by atoms with Crippen molar-refractivity contribution in [2.75, 3.05) is 6.61 Å². The first kappa shape index (κ1) is 22.6. The molecule has 0 aliphatic carbocycles. The van der Waals surface area contributed by atoms with E-state index < -0.39 is 43.7 Å². The molecule has 1 aromatic heterocycles. The van der Waals surface area contributed by atoms with Crippen molar-refractivity contribution in [3.8, 4) is 5.75 Å². The molecular formula is C23H25F2NO6. The van der Waals surface area contributed by atoms with Crippen LogP contribution in [0.15, 0.2) is 48.7 Å². The Kier molecular flexibility index (Phi) is 6.45. The minimum absolute atomic E-state index is 0.0683. The van der Waals surface area contributed by atoms with E-state index in [0.717, 1.165) is 22.0 Å². The molecule has 1 fully saturated rings. The zero-order valence-corrected chi connectivity index (χ0v) is 17.3. The second-order valence-electron chi connectivity index (χ2n) is 8.00. The topological polar surface area (TPSA) is 104 Å². The van der Waals surface area contributed by atoms with Gasteiger partial charge in [-0.1, -0.05) is 23.8 Å². The molecule has 32 heavy (non-hydrogen) atoms. The molecule has 0 radical (unpaired) electrons. The van der Waals surface area contributed by atoms with Gasteiger partial charge in [-0.05, 0) is 36.8 Å². The van der Waals surface area contributed by atoms with Crippen LogP contribution >= 0.6 is 0 Å². The Morgan fingerprint density at radius 2 is 1.75 bits per heavy atom. The summed E-state index contributed by atoms with van der Waals surface area (Å²) in [6, 6.07) is 12.1. The van der Waals surface area contributed by atoms with Gasteiger partial charge in [-0.25, -0.2) is 0 Å². The normalized spacial score (nSPS) is 26.1. The van der Waals surface area contributed by atoms with Crippen molar-refractivity contribution in [1.29, 1.82) is 0 Å². The largest absolute Gasteiger partial charge is 0.435 e. The number of ether oxygens (including phenoxy) is 2. The highest BCUT2D eigenvalue weighted by molar-refractivity contribution is 5.85. The number of aliphatic hydroxyl groups is 4. The zero-order chi connectivity index (χ0) is 23.0. The maximum atomic E-state index is 12.4. The summed E-state index contributed by atoms with van der Waals surface area (Å²) in [6.45, 7) is -1.06. The van der Waals surface area contributed by atoms with E-state index in [2.05, 4.69) is 4.74 Å². The molecule has 9 heteroatoms. The van der Waals surface area contributed by atoms with Crippen molar-refractivity contribution in [3.05, 3.63) is 65.4 Å². The van der Waals surface area contributed by atoms with E-state index in [-0.39, 0.29) is 5.75 Å². The lowest BCUT2D eigenvalue weighted by Gasteiger charge is -2.40. The van der Waals surface area contributed by atoms with Crippen LogP contribution in [0, 0.1) is 6.92 Å². The first-order valence-electron chi connectivity index (χ1n) is 10.2. The van der Waals surface area contributed by atoms with E-state index in [9.17, 15) is 29.2 Å². The van der Waals surface area contributed by atoms with E-state index in [1.165, 1.54) is 12.1 Å². The highest BCUT2D eigenvalue weighted by atomic mass is 19.3. The number of benzene rings is 2. The van der Waals surface area contributed by atoms with Gasteiger partial charge in [0.15, 0.2) is 0 Å². The van der Waals surface area contributed by atoms with Crippen molar-refractivity contribution < 1.29 is 38.7 Å². The molecular weight excluding hydrogens is 424 g/mol. The first-order chi connectivity index (χ1) is 15.3. The lowest BCUT2D eigenvalue weighted by atomic mass is 9.91. The fourth-order valence-electron chi connectivity index (χ4n) is 4.13. The van der Waals surface area contributed by atoms with Crippen LogP contribution in [0.1, 0.15) is 22.8 Å². The smallest absolute Gasteiger partial charge is 0.387 e. The van der Waals surface area contributed by atoms with Gasteiger partial charge >= 0.3 is 6.61 Å². The Hall–Kier alpha value is -2.56. The molecule has 1 saturated heterocycles. The first-order valence-corrected chi connectivity index (χ1v) is 10.2. The van der Waals surface area contributed by atoms with Crippen LogP contribution < -0.4 is 4.74 Å². The van der Waals surface area contributed by atoms with E-state index >= 15 is 0 Å². The summed E-state index contributed by atoms with van der Waals surface area (Å²) in [5.41, 5.74) is 3.27. The number of alkyl halides is 2. The van der Waals surface area contributed by atoms with Crippen molar-refractivity contribution in [2.45, 2.75) is 50.6 Å². The van der Waals surface area contributed by atoms with Gasteiger partial charge in [-0.15, -0.1) is 0 Å². The van der Waals surface area contributed by atoms with Gasteiger partial charge in [-0.2, -0.15) is 8.78 Å². The molecule has 0 amide bonds. The number of aromatic nitrogens is 1. The molecule has 0 unspecified atom stereocenters. The number of aryl methyl sites for hydroxylation is 1. The van der Waals surface area contributed by atoms with Crippen LogP contribution in [0.5, 0.6) is 5.75 Å². The van der Waals surface area contributed by atoms with Gasteiger partial charge in [0.25, 0.3) is 0 Å². The van der Waals surface area contributed by atoms with Gasteiger partial charge in [0.05, 0.1) is 6.61 Å². The number of halogens is 2. The SMILES string of the molecule is Cc1ccc2c(c1)c([C@@H]1O[C@H](CO)[C@@H](O)[C@H](O)[C@H]1O)cn2Cc1ccc(OC(F)F)cc1. The van der Waals surface area contributed by atoms with E-state index in [0.29, 0.717) is 12.1 Å². The van der Waals surface area contributed by atoms with Crippen LogP contribution in [0.4, 0.5) is 8.78 Å². The number of aliphatic hydroxyl groups excluding tert-OH is 4. The quantitative estimate of drug-likeness (QED) is 0.460. The molecule has 0 saturated carbocycles. The minimum Gasteiger partial charge on any atom is -0.435 e. The molecule has 2 aromatic carbocycles. The fraction of sp³-hybridized carbons (Fsp3) is 0.391. The predicted molar refractivity (Wildman–Crippen MR) is 112 cm³/mol. The van der Waals surface area contributed by atoms with Crippen LogP contribution in [-0.4, -0.2) is 62.6 Å². The summed E-state index contributed by atoms with van der Waals surface area (Å²) < 4.78 is 36.9. The molecule has 0 spiro atoms. The monoisotopic (exact) mass is 449 g/mol. The number of hydrogen-bond donors (Lipinski definition) is 4. The van der Waals surface area contributed by atoms with Crippen LogP contribution in [-0.2, 0) is 11.3 Å². The number of hydrogen-bond acceptors (Lipinski definition) is 6. The molecule has 5 atom stereocenters. The Morgan fingerprint density at radius 3 is 2.41 bits per heavy atom. The standard InChI is InChI=1S/C23H25F2NO6/c1-12-2-7-17-15(8-12)16(22-21(30)20(29)19(28)18(11-27)32-22)10-26(17)9-13-3-5-14(6-4-13)31-23(24)25/h2-8,10,18-23,27-30H,9,11H2,1H3/t18-,19-,20+,21-,22+/m1/s1. The summed E-state index contributed by atoms with van der Waals surface area (Å²) in [5, 5.41) is 41.2. The maximum Gasteiger partial charge on any atom is 0.387 e. The number of rotatable bonds is 6. The second kappa shape index (κ2) is 9.13. The molecule has 172 valence electrons. The highest BCUT2D eigenvalue weighted by Gasteiger charge is 2.44. The third-order valence-corrected chi connectivity index (χ3v) is 5.77. The van der Waals surface area contributed by atoms with Crippen molar-refractivity contribution in [1.82, 2.24) is 4.57 Å². The van der Waals surface area contributed by atoms with Crippen molar-refractivity contribution in [3.63, 3.8) is 0 Å². The van der Waals surface area contributed by atoms with E-state index in [4.69, 9.17) is 4.74 Å². The fourth-order valence-corrected chi connectivity index (χ4v) is 4.13. The Balaban J connectivity index is 1.70. The van der Waals surface area contributed by atoms with Crippen molar-refractivity contribution in [2.24, 2.45) is 0 Å². The molecule has 4 rings (SSSR count). The van der Waals surface area contributed by atoms with Gasteiger partial charge in [-0.3, -0.25) is 0 Å². The molecule has 0 bridgehead atoms. The van der Waals surface area contributed by atoms with Gasteiger partial charge in [0.1, 0.15) is 36.3 Å². The molecule has 1 aliphatic heterocycles. The van der Waals surface area contributed by atoms with Crippen molar-refractivity contribution >= 4 is 10.9 Å². The second-order valence-corrected chi connectivity index (χ2v) is 8.00. The summed E-state index contributed by atoms with van der Waals surface area (Å²) in [6.07, 6.45) is -4.48. The Bertz CT molecular complexity index is 1070. The lowest BCUT2D eigenvalue weighted by Crippen LogP contribution is -2.55. The average Bonchev–Trinajstić information content (AvgIpc) is 3.10. The van der Waals surface area contributed by atoms with Gasteiger partial charge < -0.3 is 34.5 Å². The third kappa shape index (κ3) is 4.35. The summed E-state index contributed by atoms with van der Waals surface area (Å²) in [4.78, 5) is 0. The highest BCUT2D eigenvalue weighted by Crippen LogP contribution is 2.37. The Labute approximate surface area is 183 Å². The van der Waals surface area contributed by atoms with E-state index in [1.54, 1.807) is 18.3 Å². The zero-order valence-electron chi connectivity index (χ0n) is 17.3. The van der Waals surface area contributed by atoms with Crippen LogP contribution in [0.3, 0.4) is 0 Å². The van der Waals surface area contributed by atoms with Crippen LogP contribution in [0.2, 0.25) is 0 Å². The molecule has 1 aliphatic rings. The maximum absolute atomic E-state index is 12.4. The van der Waals surface area contributed by atoms with Crippen LogP contribution in [0.25, 0.3) is 10.9 Å². The molecule has 2 heterocycles. The summed E-state index contributed by atoms with van der Waals surface area (Å²) in [5.74, 6) is 0.0683. The molecule has 3 aromatic rings. The lowest BCUT2D eigenvalue weighted by molar-refractivity contribution is -0.231.